The molecular formula is C31H33ClF3N5O4S. The molecule has 240 valence electrons. The van der Waals surface area contributed by atoms with E-state index >= 15 is 0 Å². The van der Waals surface area contributed by atoms with Gasteiger partial charge < -0.3 is 9.64 Å². The SMILES string of the molecule is CC(C)(C)OC(=O)N1CCCN(CCN2C(=O)SC(=Cc3ccc4c(cnn4Cc4ccc(Cl)cc4C(F)(F)F)c3)C2=O)CC1. The molecule has 0 unspecified atom stereocenters. The summed E-state index contributed by atoms with van der Waals surface area (Å²) in [6.07, 6.45) is -0.971. The Hall–Kier alpha value is -3.55. The van der Waals surface area contributed by atoms with Crippen LogP contribution in [0.25, 0.3) is 17.0 Å². The van der Waals surface area contributed by atoms with E-state index in [0.717, 1.165) is 30.8 Å². The van der Waals surface area contributed by atoms with Crippen LogP contribution in [0.5, 0.6) is 0 Å². The van der Waals surface area contributed by atoms with Crippen LogP contribution in [0.1, 0.15) is 43.9 Å². The number of nitrogens with zero attached hydrogens (tertiary/aromatic N) is 5. The molecule has 2 aliphatic heterocycles. The van der Waals surface area contributed by atoms with Crippen molar-refractivity contribution in [2.24, 2.45) is 0 Å². The summed E-state index contributed by atoms with van der Waals surface area (Å²) in [5, 5.41) is 4.60. The molecule has 2 fully saturated rings. The van der Waals surface area contributed by atoms with Crippen LogP contribution < -0.4 is 0 Å². The lowest BCUT2D eigenvalue weighted by molar-refractivity contribution is -0.138. The maximum Gasteiger partial charge on any atom is 0.416 e. The van der Waals surface area contributed by atoms with Gasteiger partial charge in [0.05, 0.1) is 28.7 Å². The van der Waals surface area contributed by atoms with E-state index in [1.54, 1.807) is 35.4 Å². The molecule has 0 aliphatic carbocycles. The number of benzene rings is 2. The molecule has 5 rings (SSSR count). The molecule has 3 heterocycles. The minimum atomic E-state index is -4.56. The second kappa shape index (κ2) is 13.1. The molecule has 3 aromatic rings. The number of carbonyl (C=O) groups is 3. The van der Waals surface area contributed by atoms with Gasteiger partial charge >= 0.3 is 12.3 Å². The van der Waals surface area contributed by atoms with E-state index in [0.29, 0.717) is 42.6 Å². The molecule has 1 aromatic heterocycles. The van der Waals surface area contributed by atoms with Gasteiger partial charge in [-0.2, -0.15) is 18.3 Å². The van der Waals surface area contributed by atoms with E-state index in [9.17, 15) is 27.6 Å². The van der Waals surface area contributed by atoms with Crippen molar-refractivity contribution in [1.29, 1.82) is 0 Å². The first-order chi connectivity index (χ1) is 21.2. The van der Waals surface area contributed by atoms with Crippen LogP contribution in [-0.2, 0) is 22.3 Å². The Balaban J connectivity index is 1.22. The fraction of sp³-hybridized carbons (Fsp3) is 0.419. The first kappa shape index (κ1) is 32.8. The number of hydrogen-bond acceptors (Lipinski definition) is 7. The largest absolute Gasteiger partial charge is 0.444 e. The fourth-order valence-corrected chi connectivity index (χ4v) is 6.26. The van der Waals surface area contributed by atoms with Crippen molar-refractivity contribution in [2.75, 3.05) is 39.3 Å². The minimum absolute atomic E-state index is 0.000895. The standard InChI is InChI=1S/C31H33ClF3N5O4S/c1-30(2,3)44-28(42)38-10-4-9-37(11-13-38)12-14-39-27(41)26(45-29(39)43)16-20-5-8-25-22(15-20)18-36-40(25)19-21-6-7-23(32)17-24(21)31(33,34)35/h5-8,15-18H,4,9-14,19H2,1-3H3. The fourth-order valence-electron chi connectivity index (χ4n) is 5.22. The molecule has 0 bridgehead atoms. The first-order valence-corrected chi connectivity index (χ1v) is 15.6. The molecule has 3 amide bonds. The Morgan fingerprint density at radius 1 is 1.04 bits per heavy atom. The average Bonchev–Trinajstić information content (AvgIpc) is 3.34. The van der Waals surface area contributed by atoms with Gasteiger partial charge in [0.25, 0.3) is 11.1 Å². The summed E-state index contributed by atoms with van der Waals surface area (Å²) in [4.78, 5) is 43.7. The predicted molar refractivity (Wildman–Crippen MR) is 167 cm³/mol. The van der Waals surface area contributed by atoms with Crippen LogP contribution in [-0.4, -0.2) is 86.6 Å². The van der Waals surface area contributed by atoms with Crippen LogP contribution in [0.4, 0.5) is 22.8 Å². The number of thioether (sulfide) groups is 1. The number of fused-ring (bicyclic) bond motifs is 1. The lowest BCUT2D eigenvalue weighted by Gasteiger charge is -2.26. The zero-order valence-electron chi connectivity index (χ0n) is 25.1. The van der Waals surface area contributed by atoms with Gasteiger partial charge in [0.15, 0.2) is 0 Å². The van der Waals surface area contributed by atoms with Crippen molar-refractivity contribution < 1.29 is 32.3 Å². The van der Waals surface area contributed by atoms with E-state index in [1.165, 1.54) is 21.7 Å². The third-order valence-corrected chi connectivity index (χ3v) is 8.56. The highest BCUT2D eigenvalue weighted by atomic mass is 35.5. The maximum absolute atomic E-state index is 13.6. The Kier molecular flexibility index (Phi) is 9.52. The third kappa shape index (κ3) is 8.00. The van der Waals surface area contributed by atoms with Crippen molar-refractivity contribution in [3.05, 3.63) is 69.2 Å². The first-order valence-electron chi connectivity index (χ1n) is 14.4. The van der Waals surface area contributed by atoms with Gasteiger partial charge in [0.1, 0.15) is 5.60 Å². The van der Waals surface area contributed by atoms with Gasteiger partial charge in [-0.1, -0.05) is 23.7 Å². The molecule has 14 heteroatoms. The van der Waals surface area contributed by atoms with Gasteiger partial charge in [-0.05, 0) is 87.0 Å². The second-order valence-corrected chi connectivity index (χ2v) is 13.3. The predicted octanol–water partition coefficient (Wildman–Crippen LogP) is 6.74. The molecule has 0 N–H and O–H groups in total. The molecule has 2 aliphatic rings. The van der Waals surface area contributed by atoms with Gasteiger partial charge in [-0.25, -0.2) is 4.79 Å². The molecule has 2 saturated heterocycles. The smallest absolute Gasteiger partial charge is 0.416 e. The molecule has 0 spiro atoms. The van der Waals surface area contributed by atoms with Crippen LogP contribution in [0, 0.1) is 0 Å². The van der Waals surface area contributed by atoms with Crippen molar-refractivity contribution in [2.45, 2.75) is 45.5 Å². The number of ether oxygens (including phenoxy) is 1. The van der Waals surface area contributed by atoms with Crippen LogP contribution >= 0.6 is 23.4 Å². The maximum atomic E-state index is 13.6. The van der Waals surface area contributed by atoms with Gasteiger partial charge in [0, 0.05) is 43.1 Å². The Morgan fingerprint density at radius 3 is 2.56 bits per heavy atom. The lowest BCUT2D eigenvalue weighted by Crippen LogP contribution is -2.41. The van der Waals surface area contributed by atoms with E-state index in [1.807, 2.05) is 20.8 Å². The topological polar surface area (TPSA) is 88.0 Å². The zero-order valence-corrected chi connectivity index (χ0v) is 26.6. The van der Waals surface area contributed by atoms with E-state index in [4.69, 9.17) is 16.3 Å². The minimum Gasteiger partial charge on any atom is -0.444 e. The number of rotatable bonds is 6. The summed E-state index contributed by atoms with van der Waals surface area (Å²) in [6.45, 7) is 8.51. The number of amides is 3. The number of imide groups is 1. The normalized spacial score (nSPS) is 17.9. The van der Waals surface area contributed by atoms with Crippen molar-refractivity contribution in [3.63, 3.8) is 0 Å². The van der Waals surface area contributed by atoms with Crippen molar-refractivity contribution in [1.82, 2.24) is 24.5 Å². The number of alkyl halides is 3. The highest BCUT2D eigenvalue weighted by Gasteiger charge is 2.36. The lowest BCUT2D eigenvalue weighted by atomic mass is 10.1. The highest BCUT2D eigenvalue weighted by molar-refractivity contribution is 8.18. The number of aromatic nitrogens is 2. The number of carbonyl (C=O) groups excluding carboxylic acids is 3. The molecule has 0 atom stereocenters. The van der Waals surface area contributed by atoms with Gasteiger partial charge in [-0.15, -0.1) is 0 Å². The van der Waals surface area contributed by atoms with Crippen LogP contribution in [0.15, 0.2) is 47.5 Å². The summed E-state index contributed by atoms with van der Waals surface area (Å²) in [5.41, 5.74) is -0.0752. The average molecular weight is 664 g/mol. The summed E-state index contributed by atoms with van der Waals surface area (Å²) in [6, 6.07) is 8.89. The molecular weight excluding hydrogens is 631 g/mol. The van der Waals surface area contributed by atoms with Crippen molar-refractivity contribution in [3.8, 4) is 0 Å². The second-order valence-electron chi connectivity index (χ2n) is 11.9. The molecule has 2 aromatic carbocycles. The summed E-state index contributed by atoms with van der Waals surface area (Å²) in [5.74, 6) is -0.381. The molecule has 0 saturated carbocycles. The number of hydrogen-bond donors (Lipinski definition) is 0. The third-order valence-electron chi connectivity index (χ3n) is 7.41. The molecule has 0 radical (unpaired) electrons. The Bertz CT molecular complexity index is 1650. The van der Waals surface area contributed by atoms with Gasteiger partial charge in [-0.3, -0.25) is 24.1 Å². The molecule has 9 nitrogen and oxygen atoms in total. The monoisotopic (exact) mass is 663 g/mol. The summed E-state index contributed by atoms with van der Waals surface area (Å²) < 4.78 is 47.7. The van der Waals surface area contributed by atoms with Crippen LogP contribution in [0.2, 0.25) is 5.02 Å². The molecule has 45 heavy (non-hydrogen) atoms. The van der Waals surface area contributed by atoms with Gasteiger partial charge in [0.2, 0.25) is 0 Å². The Labute approximate surface area is 267 Å². The van der Waals surface area contributed by atoms with E-state index in [2.05, 4.69) is 10.00 Å². The summed E-state index contributed by atoms with van der Waals surface area (Å²) >= 11 is 6.68. The van der Waals surface area contributed by atoms with Crippen molar-refractivity contribution >= 4 is 57.6 Å². The Morgan fingerprint density at radius 2 is 1.82 bits per heavy atom. The highest BCUT2D eigenvalue weighted by Crippen LogP contribution is 2.35. The van der Waals surface area contributed by atoms with E-state index in [-0.39, 0.29) is 45.8 Å². The quantitative estimate of drug-likeness (QED) is 0.270. The van der Waals surface area contributed by atoms with E-state index < -0.39 is 17.3 Å². The number of halogens is 4. The summed E-state index contributed by atoms with van der Waals surface area (Å²) in [7, 11) is 0. The van der Waals surface area contributed by atoms with Crippen LogP contribution in [0.3, 0.4) is 0 Å². The zero-order chi connectivity index (χ0) is 32.5.